The van der Waals surface area contributed by atoms with Crippen LogP contribution in [0.5, 0.6) is 0 Å². The van der Waals surface area contributed by atoms with Gasteiger partial charge in [-0.25, -0.2) is 0 Å². The van der Waals surface area contributed by atoms with Crippen molar-refractivity contribution in [2.24, 2.45) is 0 Å². The minimum atomic E-state index is 0.807. The Morgan fingerprint density at radius 2 is 2.14 bits per heavy atom. The molecule has 1 heterocycles. The Bertz CT molecular complexity index is 463. The first kappa shape index (κ1) is 8.10. The molecule has 1 fully saturated rings. The standard InChI is InChI=1S/C13H15N/c1-9-4-2-7-12-11(9)8-13(14-12)10-5-3-6-10/h2,4,7-8,10,14H,3,5-6H2,1H3. The molecule has 0 unspecified atom stereocenters. The van der Waals surface area contributed by atoms with E-state index in [9.17, 15) is 0 Å². The fourth-order valence-corrected chi connectivity index (χ4v) is 2.27. The summed E-state index contributed by atoms with van der Waals surface area (Å²) >= 11 is 0. The van der Waals surface area contributed by atoms with Crippen molar-refractivity contribution in [1.29, 1.82) is 0 Å². The molecule has 0 bridgehead atoms. The molecule has 2 aromatic rings. The molecule has 0 aliphatic heterocycles. The molecule has 1 aliphatic carbocycles. The van der Waals surface area contributed by atoms with Crippen LogP contribution in [-0.2, 0) is 0 Å². The number of benzene rings is 1. The van der Waals surface area contributed by atoms with E-state index in [1.165, 1.54) is 41.4 Å². The van der Waals surface area contributed by atoms with E-state index in [0.29, 0.717) is 0 Å². The summed E-state index contributed by atoms with van der Waals surface area (Å²) < 4.78 is 0. The number of aryl methyl sites for hydroxylation is 1. The summed E-state index contributed by atoms with van der Waals surface area (Å²) in [6.07, 6.45) is 4.14. The van der Waals surface area contributed by atoms with E-state index in [1.807, 2.05) is 0 Å². The number of rotatable bonds is 1. The van der Waals surface area contributed by atoms with Gasteiger partial charge in [-0.05, 0) is 43.4 Å². The van der Waals surface area contributed by atoms with Gasteiger partial charge in [0.25, 0.3) is 0 Å². The van der Waals surface area contributed by atoms with E-state index in [1.54, 1.807) is 0 Å². The highest BCUT2D eigenvalue weighted by molar-refractivity contribution is 5.83. The van der Waals surface area contributed by atoms with Crippen LogP contribution < -0.4 is 0 Å². The Morgan fingerprint density at radius 1 is 1.29 bits per heavy atom. The highest BCUT2D eigenvalue weighted by atomic mass is 14.7. The number of nitrogens with one attached hydrogen (secondary N) is 1. The largest absolute Gasteiger partial charge is 0.358 e. The molecule has 1 saturated carbocycles. The second-order valence-electron chi connectivity index (χ2n) is 4.39. The molecule has 1 aromatic carbocycles. The third-order valence-corrected chi connectivity index (χ3v) is 3.45. The van der Waals surface area contributed by atoms with Crippen LogP contribution in [-0.4, -0.2) is 4.98 Å². The zero-order valence-electron chi connectivity index (χ0n) is 8.51. The fourth-order valence-electron chi connectivity index (χ4n) is 2.27. The van der Waals surface area contributed by atoms with Crippen LogP contribution in [0.1, 0.15) is 36.4 Å². The van der Waals surface area contributed by atoms with Crippen LogP contribution >= 0.6 is 0 Å². The van der Waals surface area contributed by atoms with E-state index < -0.39 is 0 Å². The molecule has 0 spiro atoms. The monoisotopic (exact) mass is 185 g/mol. The van der Waals surface area contributed by atoms with E-state index in [4.69, 9.17) is 0 Å². The molecular weight excluding hydrogens is 170 g/mol. The molecule has 0 atom stereocenters. The van der Waals surface area contributed by atoms with Gasteiger partial charge in [-0.15, -0.1) is 0 Å². The lowest BCUT2D eigenvalue weighted by Gasteiger charge is -2.23. The number of hydrogen-bond acceptors (Lipinski definition) is 0. The highest BCUT2D eigenvalue weighted by Gasteiger charge is 2.21. The van der Waals surface area contributed by atoms with Gasteiger partial charge in [0.2, 0.25) is 0 Å². The van der Waals surface area contributed by atoms with Gasteiger partial charge in [-0.3, -0.25) is 0 Å². The number of aromatic amines is 1. The zero-order valence-corrected chi connectivity index (χ0v) is 8.51. The summed E-state index contributed by atoms with van der Waals surface area (Å²) in [7, 11) is 0. The number of aromatic nitrogens is 1. The smallest absolute Gasteiger partial charge is 0.0458 e. The predicted molar refractivity (Wildman–Crippen MR) is 59.6 cm³/mol. The van der Waals surface area contributed by atoms with Gasteiger partial charge in [-0.2, -0.15) is 0 Å². The molecular formula is C13H15N. The minimum Gasteiger partial charge on any atom is -0.358 e. The Labute approximate surface area is 84.1 Å². The lowest BCUT2D eigenvalue weighted by molar-refractivity contribution is 0.413. The summed E-state index contributed by atoms with van der Waals surface area (Å²) in [6, 6.07) is 8.82. The molecule has 14 heavy (non-hydrogen) atoms. The van der Waals surface area contributed by atoms with Crippen molar-refractivity contribution in [1.82, 2.24) is 4.98 Å². The van der Waals surface area contributed by atoms with Gasteiger partial charge >= 0.3 is 0 Å². The Hall–Kier alpha value is -1.24. The summed E-state index contributed by atoms with van der Waals surface area (Å²) in [4.78, 5) is 3.54. The second kappa shape index (κ2) is 2.88. The molecule has 1 aliphatic rings. The lowest BCUT2D eigenvalue weighted by Crippen LogP contribution is -2.08. The topological polar surface area (TPSA) is 15.8 Å². The van der Waals surface area contributed by atoms with Gasteiger partial charge in [0.1, 0.15) is 0 Å². The molecule has 0 amide bonds. The van der Waals surface area contributed by atoms with Crippen molar-refractivity contribution in [3.8, 4) is 0 Å². The van der Waals surface area contributed by atoms with Crippen LogP contribution in [0, 0.1) is 6.92 Å². The van der Waals surface area contributed by atoms with Gasteiger partial charge in [0, 0.05) is 16.6 Å². The van der Waals surface area contributed by atoms with E-state index >= 15 is 0 Å². The highest BCUT2D eigenvalue weighted by Crippen LogP contribution is 2.37. The first-order chi connectivity index (χ1) is 6.84. The first-order valence-electron chi connectivity index (χ1n) is 5.43. The molecule has 1 aromatic heterocycles. The third kappa shape index (κ3) is 1.08. The van der Waals surface area contributed by atoms with E-state index in [2.05, 4.69) is 36.2 Å². The number of H-pyrrole nitrogens is 1. The average molecular weight is 185 g/mol. The maximum absolute atomic E-state index is 3.54. The molecule has 0 radical (unpaired) electrons. The number of hydrogen-bond donors (Lipinski definition) is 1. The molecule has 1 N–H and O–H groups in total. The molecule has 72 valence electrons. The first-order valence-corrected chi connectivity index (χ1v) is 5.43. The summed E-state index contributed by atoms with van der Waals surface area (Å²) in [5, 5.41) is 1.40. The van der Waals surface area contributed by atoms with Crippen LogP contribution in [0.2, 0.25) is 0 Å². The van der Waals surface area contributed by atoms with Gasteiger partial charge in [-0.1, -0.05) is 18.6 Å². The van der Waals surface area contributed by atoms with Gasteiger partial charge in [0.05, 0.1) is 0 Å². The fraction of sp³-hybridized carbons (Fsp3) is 0.385. The summed E-state index contributed by atoms with van der Waals surface area (Å²) in [6.45, 7) is 2.18. The van der Waals surface area contributed by atoms with Crippen molar-refractivity contribution in [2.75, 3.05) is 0 Å². The van der Waals surface area contributed by atoms with Gasteiger partial charge < -0.3 is 4.98 Å². The van der Waals surface area contributed by atoms with E-state index in [-0.39, 0.29) is 0 Å². The molecule has 0 saturated heterocycles. The predicted octanol–water partition coefficient (Wildman–Crippen LogP) is 3.74. The van der Waals surface area contributed by atoms with Crippen molar-refractivity contribution >= 4 is 10.9 Å². The molecule has 3 rings (SSSR count). The Kier molecular flexibility index (Phi) is 1.66. The minimum absolute atomic E-state index is 0.807. The maximum atomic E-state index is 3.54. The van der Waals surface area contributed by atoms with Crippen molar-refractivity contribution in [2.45, 2.75) is 32.1 Å². The van der Waals surface area contributed by atoms with Crippen LogP contribution in [0.25, 0.3) is 10.9 Å². The normalized spacial score (nSPS) is 17.2. The third-order valence-electron chi connectivity index (χ3n) is 3.45. The quantitative estimate of drug-likeness (QED) is 0.696. The summed E-state index contributed by atoms with van der Waals surface area (Å²) in [5.74, 6) is 0.807. The van der Waals surface area contributed by atoms with Crippen molar-refractivity contribution in [3.05, 3.63) is 35.5 Å². The lowest BCUT2D eigenvalue weighted by atomic mass is 9.83. The average Bonchev–Trinajstić information content (AvgIpc) is 2.46. The SMILES string of the molecule is Cc1cccc2[nH]c(C3CCC3)cc12. The van der Waals surface area contributed by atoms with Gasteiger partial charge in [0.15, 0.2) is 0 Å². The second-order valence-corrected chi connectivity index (χ2v) is 4.39. The van der Waals surface area contributed by atoms with Crippen LogP contribution in [0.4, 0.5) is 0 Å². The van der Waals surface area contributed by atoms with Crippen molar-refractivity contribution in [3.63, 3.8) is 0 Å². The van der Waals surface area contributed by atoms with Crippen molar-refractivity contribution < 1.29 is 0 Å². The Balaban J connectivity index is 2.15. The molecule has 1 nitrogen and oxygen atoms in total. The van der Waals surface area contributed by atoms with E-state index in [0.717, 1.165) is 5.92 Å². The maximum Gasteiger partial charge on any atom is 0.0458 e. The Morgan fingerprint density at radius 3 is 2.79 bits per heavy atom. The molecule has 1 heteroatoms. The number of fused-ring (bicyclic) bond motifs is 1. The van der Waals surface area contributed by atoms with Crippen LogP contribution in [0.3, 0.4) is 0 Å². The zero-order chi connectivity index (χ0) is 9.54. The summed E-state index contributed by atoms with van der Waals surface area (Å²) in [5.41, 5.74) is 4.12. The van der Waals surface area contributed by atoms with Crippen LogP contribution in [0.15, 0.2) is 24.3 Å².